The molecule has 1 aliphatic carbocycles. The van der Waals surface area contributed by atoms with Gasteiger partial charge in [0.05, 0.1) is 6.10 Å². The summed E-state index contributed by atoms with van der Waals surface area (Å²) in [6.45, 7) is 2.27. The van der Waals surface area contributed by atoms with Crippen LogP contribution in [0.4, 0.5) is 5.69 Å². The molecule has 3 nitrogen and oxygen atoms in total. The van der Waals surface area contributed by atoms with E-state index in [4.69, 9.17) is 10.5 Å². The molecule has 0 amide bonds. The zero-order valence-corrected chi connectivity index (χ0v) is 13.9. The number of rotatable bonds is 3. The van der Waals surface area contributed by atoms with Gasteiger partial charge in [-0.3, -0.25) is 4.98 Å². The lowest BCUT2D eigenvalue weighted by molar-refractivity contribution is 0.123. The average molecular weight is 349 g/mol. The van der Waals surface area contributed by atoms with E-state index in [-0.39, 0.29) is 0 Å². The molecule has 4 heteroatoms. The van der Waals surface area contributed by atoms with Gasteiger partial charge in [0.2, 0.25) is 0 Å². The van der Waals surface area contributed by atoms with E-state index in [2.05, 4.69) is 27.8 Å². The molecule has 1 aromatic heterocycles. The second kappa shape index (κ2) is 6.22. The number of pyridine rings is 1. The number of aromatic nitrogens is 1. The van der Waals surface area contributed by atoms with E-state index >= 15 is 0 Å². The highest BCUT2D eigenvalue weighted by atomic mass is 79.9. The third kappa shape index (κ3) is 3.15. The number of anilines is 1. The van der Waals surface area contributed by atoms with Crippen molar-refractivity contribution in [1.82, 2.24) is 4.98 Å². The molecule has 0 aliphatic heterocycles. The number of nitrogens with zero attached hydrogens (tertiary/aromatic N) is 1. The molecule has 0 radical (unpaired) electrons. The van der Waals surface area contributed by atoms with Gasteiger partial charge in [-0.2, -0.15) is 0 Å². The Morgan fingerprint density at radius 2 is 2.24 bits per heavy atom. The molecule has 2 atom stereocenters. The molecule has 2 unspecified atom stereocenters. The number of nitrogen functional groups attached to an aromatic ring is 1. The molecule has 1 saturated carbocycles. The van der Waals surface area contributed by atoms with Crippen LogP contribution >= 0.6 is 15.9 Å². The van der Waals surface area contributed by atoms with Gasteiger partial charge in [-0.1, -0.05) is 19.8 Å². The van der Waals surface area contributed by atoms with Gasteiger partial charge < -0.3 is 10.5 Å². The minimum Gasteiger partial charge on any atom is -0.488 e. The summed E-state index contributed by atoms with van der Waals surface area (Å²) < 4.78 is 7.20. The maximum atomic E-state index is 6.26. The molecule has 0 saturated heterocycles. The first-order valence-electron chi connectivity index (χ1n) is 7.67. The lowest BCUT2D eigenvalue weighted by atomic mass is 9.85. The Kier molecular flexibility index (Phi) is 4.34. The van der Waals surface area contributed by atoms with Crippen LogP contribution in [-0.2, 0) is 0 Å². The molecule has 0 bridgehead atoms. The zero-order chi connectivity index (χ0) is 14.8. The van der Waals surface area contributed by atoms with Crippen molar-refractivity contribution >= 4 is 32.5 Å². The zero-order valence-electron chi connectivity index (χ0n) is 12.3. The highest BCUT2D eigenvalue weighted by Gasteiger charge is 2.23. The summed E-state index contributed by atoms with van der Waals surface area (Å²) in [5.41, 5.74) is 7.65. The normalized spacial score (nSPS) is 22.4. The summed E-state index contributed by atoms with van der Waals surface area (Å²) in [5.74, 6) is 1.65. The SMILES string of the molecule is CCC1CCCC(Oc2ccc(N)c3cc(Br)cnc23)C1. The fourth-order valence-electron chi connectivity index (χ4n) is 3.18. The Labute approximate surface area is 134 Å². The maximum absolute atomic E-state index is 6.26. The number of hydrogen-bond donors (Lipinski definition) is 1. The lowest BCUT2D eigenvalue weighted by Crippen LogP contribution is -2.25. The molecular weight excluding hydrogens is 328 g/mol. The van der Waals surface area contributed by atoms with Gasteiger partial charge in [0.25, 0.3) is 0 Å². The van der Waals surface area contributed by atoms with Crippen LogP contribution in [0, 0.1) is 5.92 Å². The topological polar surface area (TPSA) is 48.1 Å². The van der Waals surface area contributed by atoms with Crippen molar-refractivity contribution in [2.24, 2.45) is 5.92 Å². The summed E-state index contributed by atoms with van der Waals surface area (Å²) in [5, 5.41) is 0.949. The van der Waals surface area contributed by atoms with Crippen molar-refractivity contribution < 1.29 is 4.74 Å². The largest absolute Gasteiger partial charge is 0.488 e. The van der Waals surface area contributed by atoms with E-state index in [0.717, 1.165) is 45.6 Å². The van der Waals surface area contributed by atoms with Crippen LogP contribution in [0.5, 0.6) is 5.75 Å². The summed E-state index contributed by atoms with van der Waals surface area (Å²) >= 11 is 3.45. The molecule has 1 aromatic carbocycles. The van der Waals surface area contributed by atoms with Crippen LogP contribution in [0.15, 0.2) is 28.9 Å². The number of fused-ring (bicyclic) bond motifs is 1. The van der Waals surface area contributed by atoms with Crippen LogP contribution in [0.1, 0.15) is 39.0 Å². The van der Waals surface area contributed by atoms with E-state index in [1.54, 1.807) is 6.20 Å². The Bertz CT molecular complexity index is 644. The Hall–Kier alpha value is -1.29. The predicted octanol–water partition coefficient (Wildman–Crippen LogP) is 4.93. The highest BCUT2D eigenvalue weighted by Crippen LogP contribution is 2.34. The lowest BCUT2D eigenvalue weighted by Gasteiger charge is -2.29. The fraction of sp³-hybridized carbons (Fsp3) is 0.471. The first-order chi connectivity index (χ1) is 10.2. The van der Waals surface area contributed by atoms with Crippen LogP contribution in [0.25, 0.3) is 10.9 Å². The minimum atomic E-state index is 0.306. The van der Waals surface area contributed by atoms with Crippen molar-refractivity contribution in [3.63, 3.8) is 0 Å². The molecular formula is C17H21BrN2O. The van der Waals surface area contributed by atoms with Crippen LogP contribution in [-0.4, -0.2) is 11.1 Å². The molecule has 2 aromatic rings. The smallest absolute Gasteiger partial charge is 0.146 e. The fourth-order valence-corrected chi connectivity index (χ4v) is 3.52. The third-order valence-electron chi connectivity index (χ3n) is 4.42. The Balaban J connectivity index is 1.89. The summed E-state index contributed by atoms with van der Waals surface area (Å²) in [6.07, 6.45) is 8.23. The van der Waals surface area contributed by atoms with E-state index < -0.39 is 0 Å². The molecule has 1 aliphatic rings. The first kappa shape index (κ1) is 14.6. The molecule has 0 spiro atoms. The van der Waals surface area contributed by atoms with Gasteiger partial charge in [0.1, 0.15) is 11.3 Å². The first-order valence-corrected chi connectivity index (χ1v) is 8.47. The average Bonchev–Trinajstić information content (AvgIpc) is 2.50. The quantitative estimate of drug-likeness (QED) is 0.800. The van der Waals surface area contributed by atoms with E-state index in [0.29, 0.717) is 6.10 Å². The van der Waals surface area contributed by atoms with Crippen LogP contribution < -0.4 is 10.5 Å². The maximum Gasteiger partial charge on any atom is 0.146 e. The van der Waals surface area contributed by atoms with Crippen LogP contribution in [0.3, 0.4) is 0 Å². The van der Waals surface area contributed by atoms with Crippen molar-refractivity contribution in [3.8, 4) is 5.75 Å². The van der Waals surface area contributed by atoms with E-state index in [1.165, 1.54) is 19.3 Å². The highest BCUT2D eigenvalue weighted by molar-refractivity contribution is 9.10. The molecule has 2 N–H and O–H groups in total. The van der Waals surface area contributed by atoms with E-state index in [1.807, 2.05) is 18.2 Å². The van der Waals surface area contributed by atoms with Gasteiger partial charge in [-0.05, 0) is 59.3 Å². The number of nitrogens with two attached hydrogens (primary N) is 1. The number of benzene rings is 1. The molecule has 3 rings (SSSR count). The Morgan fingerprint density at radius 1 is 1.38 bits per heavy atom. The number of ether oxygens (including phenoxy) is 1. The van der Waals surface area contributed by atoms with E-state index in [9.17, 15) is 0 Å². The van der Waals surface area contributed by atoms with Crippen molar-refractivity contribution in [2.75, 3.05) is 5.73 Å². The van der Waals surface area contributed by atoms with Gasteiger partial charge in [-0.25, -0.2) is 0 Å². The molecule has 1 fully saturated rings. The van der Waals surface area contributed by atoms with Gasteiger partial charge in [0.15, 0.2) is 0 Å². The van der Waals surface area contributed by atoms with Gasteiger partial charge in [-0.15, -0.1) is 0 Å². The van der Waals surface area contributed by atoms with Crippen molar-refractivity contribution in [3.05, 3.63) is 28.9 Å². The second-order valence-corrected chi connectivity index (χ2v) is 6.80. The molecule has 21 heavy (non-hydrogen) atoms. The number of halogens is 1. The third-order valence-corrected chi connectivity index (χ3v) is 4.85. The second-order valence-electron chi connectivity index (χ2n) is 5.88. The minimum absolute atomic E-state index is 0.306. The monoisotopic (exact) mass is 348 g/mol. The van der Waals surface area contributed by atoms with Crippen LogP contribution in [0.2, 0.25) is 0 Å². The van der Waals surface area contributed by atoms with Crippen molar-refractivity contribution in [2.45, 2.75) is 45.1 Å². The summed E-state index contributed by atoms with van der Waals surface area (Å²) in [7, 11) is 0. The van der Waals surface area contributed by atoms with Gasteiger partial charge >= 0.3 is 0 Å². The predicted molar refractivity (Wildman–Crippen MR) is 90.5 cm³/mol. The molecule has 1 heterocycles. The van der Waals surface area contributed by atoms with Crippen molar-refractivity contribution in [1.29, 1.82) is 0 Å². The van der Waals surface area contributed by atoms with Gasteiger partial charge in [0, 0.05) is 21.7 Å². The number of hydrogen-bond acceptors (Lipinski definition) is 3. The summed E-state index contributed by atoms with van der Waals surface area (Å²) in [4.78, 5) is 4.49. The standard InChI is InChI=1S/C17H21BrN2O/c1-2-11-4-3-5-13(8-11)21-16-7-6-15(19)14-9-12(18)10-20-17(14)16/h6-7,9-11,13H,2-5,8,19H2,1H3. The Morgan fingerprint density at radius 3 is 3.05 bits per heavy atom. The summed E-state index contributed by atoms with van der Waals surface area (Å²) in [6, 6.07) is 5.86. The molecule has 112 valence electrons.